The smallest absolute Gasteiger partial charge is 0.0726 e. The predicted octanol–water partition coefficient (Wildman–Crippen LogP) is 17.9. The molecule has 324 valence electrons. The fraction of sp³-hybridized carbons (Fsp3) is 0.0294. The zero-order chi connectivity index (χ0) is 45.7. The first kappa shape index (κ1) is 38.4. The zero-order valence-corrected chi connectivity index (χ0v) is 38.8. The van der Waals surface area contributed by atoms with Gasteiger partial charge in [-0.15, -0.1) is 11.3 Å². The van der Waals surface area contributed by atoms with Crippen LogP contribution in [0, 0.1) is 0 Å². The van der Waals surface area contributed by atoms with E-state index in [0.717, 1.165) is 17.1 Å². The molecule has 0 aliphatic heterocycles. The molecule has 0 saturated heterocycles. The topological polar surface area (TPSA) is 3.24 Å². The minimum Gasteiger partial charge on any atom is -0.310 e. The molecule has 0 unspecified atom stereocenters. The fourth-order valence-electron chi connectivity index (χ4n) is 13.7. The number of hydrogen-bond donors (Lipinski definition) is 0. The van der Waals surface area contributed by atoms with Crippen molar-refractivity contribution in [3.05, 3.63) is 293 Å². The van der Waals surface area contributed by atoms with Crippen LogP contribution in [0.5, 0.6) is 0 Å². The first-order valence-corrected chi connectivity index (χ1v) is 25.2. The van der Waals surface area contributed by atoms with Crippen LogP contribution in [-0.4, -0.2) is 0 Å². The molecule has 0 fully saturated rings. The van der Waals surface area contributed by atoms with E-state index in [-0.39, 0.29) is 0 Å². The Balaban J connectivity index is 0.988. The van der Waals surface area contributed by atoms with E-state index in [1.807, 2.05) is 11.3 Å². The molecule has 1 heterocycles. The quantitative estimate of drug-likeness (QED) is 0.170. The molecule has 1 aromatic heterocycles. The maximum atomic E-state index is 2.57. The lowest BCUT2D eigenvalue weighted by molar-refractivity contribution is 0.792. The summed E-state index contributed by atoms with van der Waals surface area (Å²) in [7, 11) is 0. The van der Waals surface area contributed by atoms with Gasteiger partial charge in [0.1, 0.15) is 0 Å². The van der Waals surface area contributed by atoms with E-state index < -0.39 is 10.8 Å². The summed E-state index contributed by atoms with van der Waals surface area (Å²) >= 11 is 1.87. The molecule has 1 nitrogen and oxygen atoms in total. The summed E-state index contributed by atoms with van der Waals surface area (Å²) in [6.07, 6.45) is 0. The van der Waals surface area contributed by atoms with Gasteiger partial charge >= 0.3 is 0 Å². The van der Waals surface area contributed by atoms with Gasteiger partial charge in [-0.3, -0.25) is 0 Å². The van der Waals surface area contributed by atoms with Gasteiger partial charge in [0.05, 0.1) is 16.5 Å². The number of rotatable bonds is 4. The number of nitrogens with zero attached hydrogens (tertiary/aromatic N) is 1. The fourth-order valence-corrected chi connectivity index (χ4v) is 14.8. The van der Waals surface area contributed by atoms with Crippen molar-refractivity contribution in [1.82, 2.24) is 0 Å². The summed E-state index contributed by atoms with van der Waals surface area (Å²) in [5.41, 5.74) is 25.9. The van der Waals surface area contributed by atoms with Gasteiger partial charge < -0.3 is 4.90 Å². The zero-order valence-electron chi connectivity index (χ0n) is 38.0. The molecule has 0 N–H and O–H groups in total. The van der Waals surface area contributed by atoms with Crippen LogP contribution in [0.1, 0.15) is 44.5 Å². The van der Waals surface area contributed by atoms with Crippen LogP contribution < -0.4 is 4.90 Å². The molecule has 0 amide bonds. The van der Waals surface area contributed by atoms with E-state index in [4.69, 9.17) is 0 Å². The second-order valence-corrected chi connectivity index (χ2v) is 20.5. The van der Waals surface area contributed by atoms with Gasteiger partial charge in [0.25, 0.3) is 0 Å². The summed E-state index contributed by atoms with van der Waals surface area (Å²) in [6, 6.07) is 94.4. The van der Waals surface area contributed by atoms with Gasteiger partial charge in [-0.2, -0.15) is 0 Å². The highest BCUT2D eigenvalue weighted by molar-refractivity contribution is 7.25. The molecule has 0 bridgehead atoms. The highest BCUT2D eigenvalue weighted by Gasteiger charge is 2.53. The SMILES string of the molecule is c1ccc(N(c2ccc3c(c2)C2(c4ccccc4-c4ccccc42)c2ccccc2-3)c2ccc3c(c2)C2(c4ccccc4-c4ccccc42)c2ccccc2-3)c(-c2ccc3sc4ccccc4c3c2)c1. The summed E-state index contributed by atoms with van der Waals surface area (Å²) in [5, 5.41) is 2.60. The van der Waals surface area contributed by atoms with Crippen LogP contribution in [0.25, 0.3) is 75.8 Å². The molecule has 0 atom stereocenters. The summed E-state index contributed by atoms with van der Waals surface area (Å²) in [5.74, 6) is 0. The Morgan fingerprint density at radius 1 is 0.257 bits per heavy atom. The number of para-hydroxylation sites is 1. The van der Waals surface area contributed by atoms with Gasteiger partial charge in [-0.05, 0) is 143 Å². The number of hydrogen-bond acceptors (Lipinski definition) is 2. The molecular weight excluding hydrogens is 863 g/mol. The summed E-state index contributed by atoms with van der Waals surface area (Å²) in [4.78, 5) is 2.57. The third-order valence-electron chi connectivity index (χ3n) is 16.3. The van der Waals surface area contributed by atoms with Crippen LogP contribution in [0.4, 0.5) is 17.1 Å². The highest BCUT2D eigenvalue weighted by Crippen LogP contribution is 2.65. The number of thiophene rings is 1. The second-order valence-electron chi connectivity index (χ2n) is 19.4. The minimum absolute atomic E-state index is 0.480. The van der Waals surface area contributed by atoms with E-state index >= 15 is 0 Å². The molecule has 4 aliphatic carbocycles. The van der Waals surface area contributed by atoms with Crippen molar-refractivity contribution in [3.63, 3.8) is 0 Å². The van der Waals surface area contributed by atoms with E-state index in [1.165, 1.54) is 120 Å². The van der Waals surface area contributed by atoms with Crippen molar-refractivity contribution in [2.75, 3.05) is 4.90 Å². The molecule has 11 aromatic carbocycles. The van der Waals surface area contributed by atoms with Gasteiger partial charge in [0.15, 0.2) is 0 Å². The van der Waals surface area contributed by atoms with Crippen LogP contribution >= 0.6 is 11.3 Å². The molecule has 70 heavy (non-hydrogen) atoms. The van der Waals surface area contributed by atoms with Crippen molar-refractivity contribution < 1.29 is 0 Å². The molecule has 0 radical (unpaired) electrons. The van der Waals surface area contributed by atoms with Crippen molar-refractivity contribution in [1.29, 1.82) is 0 Å². The molecular formula is C68H41NS. The van der Waals surface area contributed by atoms with E-state index in [1.54, 1.807) is 0 Å². The Kier molecular flexibility index (Phi) is 7.69. The van der Waals surface area contributed by atoms with Gasteiger partial charge in [0, 0.05) is 37.1 Å². The molecule has 0 saturated carbocycles. The predicted molar refractivity (Wildman–Crippen MR) is 292 cm³/mol. The maximum Gasteiger partial charge on any atom is 0.0726 e. The average Bonchev–Trinajstić information content (AvgIpc) is 4.20. The van der Waals surface area contributed by atoms with Gasteiger partial charge in [-0.25, -0.2) is 0 Å². The average molecular weight is 904 g/mol. The van der Waals surface area contributed by atoms with Crippen LogP contribution in [-0.2, 0) is 10.8 Å². The summed E-state index contributed by atoms with van der Waals surface area (Å²) < 4.78 is 2.62. The van der Waals surface area contributed by atoms with Crippen molar-refractivity contribution in [3.8, 4) is 55.6 Å². The largest absolute Gasteiger partial charge is 0.310 e. The van der Waals surface area contributed by atoms with Crippen LogP contribution in [0.15, 0.2) is 249 Å². The molecule has 2 spiro atoms. The van der Waals surface area contributed by atoms with E-state index in [2.05, 4.69) is 254 Å². The lowest BCUT2D eigenvalue weighted by Gasteiger charge is -2.34. The first-order valence-electron chi connectivity index (χ1n) is 24.4. The Morgan fingerprint density at radius 3 is 1.07 bits per heavy atom. The van der Waals surface area contributed by atoms with E-state index in [9.17, 15) is 0 Å². The third kappa shape index (κ3) is 4.76. The maximum absolute atomic E-state index is 2.57. The second kappa shape index (κ2) is 14.0. The number of anilines is 3. The lowest BCUT2D eigenvalue weighted by atomic mass is 9.70. The monoisotopic (exact) mass is 903 g/mol. The molecule has 16 rings (SSSR count). The Morgan fingerprint density at radius 2 is 0.614 bits per heavy atom. The van der Waals surface area contributed by atoms with Crippen molar-refractivity contribution in [2.45, 2.75) is 10.8 Å². The Hall–Kier alpha value is -8.56. The molecule has 2 heteroatoms. The van der Waals surface area contributed by atoms with Gasteiger partial charge in [0.2, 0.25) is 0 Å². The van der Waals surface area contributed by atoms with Crippen LogP contribution in [0.3, 0.4) is 0 Å². The highest BCUT2D eigenvalue weighted by atomic mass is 32.1. The lowest BCUT2D eigenvalue weighted by Crippen LogP contribution is -2.26. The standard InChI is InChI=1S/C68H41NS/c1-9-25-56-46(18-1)47-19-2-10-26-57(47)67(56)60-29-13-5-22-50(60)52-36-34-43(40-62(52)67)69(64-31-15-7-17-45(64)42-33-38-66-55(39-42)54-24-8-16-32-65(54)70-66)44-35-37-53-51-23-6-14-30-61(51)68(63(53)41-44)58-27-11-3-20-48(58)49-21-4-12-28-59(49)68/h1-41H. The Labute approximate surface area is 410 Å². The van der Waals surface area contributed by atoms with E-state index in [0.29, 0.717) is 0 Å². The third-order valence-corrected chi connectivity index (χ3v) is 17.5. The first-order chi connectivity index (χ1) is 34.7. The number of benzene rings is 11. The van der Waals surface area contributed by atoms with Gasteiger partial charge in [-0.1, -0.05) is 200 Å². The Bertz CT molecular complexity index is 3900. The molecule has 4 aliphatic rings. The van der Waals surface area contributed by atoms with Crippen molar-refractivity contribution >= 4 is 48.6 Å². The van der Waals surface area contributed by atoms with Crippen LogP contribution in [0.2, 0.25) is 0 Å². The summed E-state index contributed by atoms with van der Waals surface area (Å²) in [6.45, 7) is 0. The normalized spacial score (nSPS) is 14.2. The van der Waals surface area contributed by atoms with Crippen molar-refractivity contribution in [2.24, 2.45) is 0 Å². The minimum atomic E-state index is -0.480. The molecule has 12 aromatic rings. The number of fused-ring (bicyclic) bond motifs is 23.